The lowest BCUT2D eigenvalue weighted by atomic mass is 9.82. The molecule has 3 aromatic carbocycles. The molecule has 43 heavy (non-hydrogen) atoms. The molecule has 10 heteroatoms. The monoisotopic (exact) mass is 576 g/mol. The molecule has 1 aliphatic heterocycles. The molecule has 0 bridgehead atoms. The molecular weight excluding hydrogens is 544 g/mol. The molecular formula is C33H32N6O4. The maximum absolute atomic E-state index is 13.4. The number of anilines is 1. The summed E-state index contributed by atoms with van der Waals surface area (Å²) >= 11 is 0. The third-order valence-corrected chi connectivity index (χ3v) is 8.23. The van der Waals surface area contributed by atoms with Gasteiger partial charge in [0.25, 0.3) is 11.5 Å². The average Bonchev–Trinajstić information content (AvgIpc) is 3.58. The van der Waals surface area contributed by atoms with Crippen LogP contribution in [0, 0.1) is 5.92 Å². The van der Waals surface area contributed by atoms with Crippen molar-refractivity contribution in [3.63, 3.8) is 0 Å². The van der Waals surface area contributed by atoms with Gasteiger partial charge in [0.15, 0.2) is 5.60 Å². The number of carbonyl (C=O) groups excluding carboxylic acids is 1. The Morgan fingerprint density at radius 1 is 1.02 bits per heavy atom. The quantitative estimate of drug-likeness (QED) is 0.257. The second-order valence-electron chi connectivity index (χ2n) is 10.8. The van der Waals surface area contributed by atoms with Crippen LogP contribution in [0.2, 0.25) is 0 Å². The van der Waals surface area contributed by atoms with Crippen LogP contribution < -0.4 is 10.5 Å². The highest BCUT2D eigenvalue weighted by atomic mass is 16.3. The van der Waals surface area contributed by atoms with Gasteiger partial charge in [0.2, 0.25) is 0 Å². The molecule has 5 aromatic rings. The number of fused-ring (bicyclic) bond motifs is 2. The van der Waals surface area contributed by atoms with Crippen molar-refractivity contribution in [2.75, 3.05) is 18.6 Å². The molecule has 3 heterocycles. The summed E-state index contributed by atoms with van der Waals surface area (Å²) in [6, 6.07) is 22.0. The minimum atomic E-state index is -1.82. The maximum atomic E-state index is 13.4. The van der Waals surface area contributed by atoms with Gasteiger partial charge >= 0.3 is 0 Å². The van der Waals surface area contributed by atoms with E-state index in [-0.39, 0.29) is 18.1 Å². The van der Waals surface area contributed by atoms with Crippen molar-refractivity contribution < 1.29 is 15.0 Å². The van der Waals surface area contributed by atoms with E-state index < -0.39 is 17.4 Å². The standard InChI is InChI=1S/C33H32N6O4/c1-22(10-8-9-17-38-20-29(35-36-38)27(21-40)23-11-4-3-5-12-23)33(43)28-18-25(15-16-30(28)37(2)32(33)42)39-31(41)26-14-7-6-13-24(26)19-34-39/h3-8,10-16,18-20,22,27,40,43H,9,17,21H2,1-2H3/b10-8+/t22-,27?,33+/m1/s1. The molecule has 2 N–H and O–H groups in total. The Morgan fingerprint density at radius 3 is 2.58 bits per heavy atom. The lowest BCUT2D eigenvalue weighted by Crippen LogP contribution is -2.43. The van der Waals surface area contributed by atoms with E-state index in [2.05, 4.69) is 15.4 Å². The normalized spacial score (nSPS) is 18.0. The van der Waals surface area contributed by atoms with Crippen molar-refractivity contribution in [2.24, 2.45) is 5.92 Å². The summed E-state index contributed by atoms with van der Waals surface area (Å²) in [4.78, 5) is 28.0. The molecule has 0 saturated heterocycles. The average molecular weight is 577 g/mol. The Hall–Kier alpha value is -4.93. The minimum Gasteiger partial charge on any atom is -0.395 e. The summed E-state index contributed by atoms with van der Waals surface area (Å²) in [5.74, 6) is -1.26. The summed E-state index contributed by atoms with van der Waals surface area (Å²) in [6.45, 7) is 2.26. The first-order valence-electron chi connectivity index (χ1n) is 14.2. The highest BCUT2D eigenvalue weighted by Gasteiger charge is 2.51. The molecule has 0 radical (unpaired) electrons. The Balaban J connectivity index is 1.20. The number of nitrogens with zero attached hydrogens (tertiary/aromatic N) is 6. The number of aliphatic hydroxyl groups excluding tert-OH is 1. The zero-order valence-corrected chi connectivity index (χ0v) is 23.9. The number of aliphatic hydroxyl groups is 2. The first-order valence-corrected chi connectivity index (χ1v) is 14.2. The Morgan fingerprint density at radius 2 is 1.79 bits per heavy atom. The number of allylic oxidation sites excluding steroid dienone is 1. The van der Waals surface area contributed by atoms with Gasteiger partial charge in [-0.1, -0.05) is 72.8 Å². The van der Waals surface area contributed by atoms with Crippen molar-refractivity contribution in [1.82, 2.24) is 24.8 Å². The van der Waals surface area contributed by atoms with Crippen LogP contribution in [-0.2, 0) is 16.9 Å². The van der Waals surface area contributed by atoms with Crippen LogP contribution in [0.15, 0.2) is 102 Å². The van der Waals surface area contributed by atoms with Crippen LogP contribution in [0.4, 0.5) is 5.69 Å². The van der Waals surface area contributed by atoms with Gasteiger partial charge in [-0.25, -0.2) is 0 Å². The Labute approximate surface area is 248 Å². The molecule has 1 amide bonds. The number of rotatable bonds is 9. The van der Waals surface area contributed by atoms with E-state index in [0.29, 0.717) is 41.0 Å². The molecule has 10 nitrogen and oxygen atoms in total. The summed E-state index contributed by atoms with van der Waals surface area (Å²) < 4.78 is 3.01. The molecule has 6 rings (SSSR count). The fraction of sp³-hybridized carbons (Fsp3) is 0.242. The number of aromatic nitrogens is 5. The lowest BCUT2D eigenvalue weighted by Gasteiger charge is -2.27. The topological polar surface area (TPSA) is 126 Å². The molecule has 218 valence electrons. The van der Waals surface area contributed by atoms with E-state index in [1.807, 2.05) is 60.8 Å². The highest BCUT2D eigenvalue weighted by molar-refractivity contribution is 6.07. The first kappa shape index (κ1) is 28.2. The van der Waals surface area contributed by atoms with E-state index in [0.717, 1.165) is 10.9 Å². The third-order valence-electron chi connectivity index (χ3n) is 8.23. The van der Waals surface area contributed by atoms with Crippen molar-refractivity contribution in [3.05, 3.63) is 125 Å². The van der Waals surface area contributed by atoms with E-state index in [9.17, 15) is 19.8 Å². The molecule has 0 fully saturated rings. The smallest absolute Gasteiger partial charge is 0.279 e. The summed E-state index contributed by atoms with van der Waals surface area (Å²) in [5, 5.41) is 35.9. The van der Waals surface area contributed by atoms with Crippen LogP contribution in [0.25, 0.3) is 16.5 Å². The van der Waals surface area contributed by atoms with Crippen LogP contribution in [0.3, 0.4) is 0 Å². The Bertz CT molecular complexity index is 1880. The fourth-order valence-corrected chi connectivity index (χ4v) is 5.73. The molecule has 1 aliphatic rings. The van der Waals surface area contributed by atoms with Gasteiger partial charge < -0.3 is 15.1 Å². The number of aryl methyl sites for hydroxylation is 1. The second kappa shape index (κ2) is 11.4. The van der Waals surface area contributed by atoms with E-state index >= 15 is 0 Å². The predicted octanol–water partition coefficient (Wildman–Crippen LogP) is 3.55. The van der Waals surface area contributed by atoms with Gasteiger partial charge in [-0.15, -0.1) is 5.10 Å². The molecule has 2 aromatic heterocycles. The summed E-state index contributed by atoms with van der Waals surface area (Å²) in [5.41, 5.74) is 1.03. The minimum absolute atomic E-state index is 0.0735. The van der Waals surface area contributed by atoms with Gasteiger partial charge in [0.1, 0.15) is 0 Å². The van der Waals surface area contributed by atoms with Crippen LogP contribution >= 0.6 is 0 Å². The maximum Gasteiger partial charge on any atom is 0.279 e. The largest absolute Gasteiger partial charge is 0.395 e. The zero-order chi connectivity index (χ0) is 30.1. The molecule has 0 aliphatic carbocycles. The number of carbonyl (C=O) groups is 1. The molecule has 1 unspecified atom stereocenters. The molecule has 3 atom stereocenters. The van der Waals surface area contributed by atoms with Gasteiger partial charge in [0, 0.05) is 36.7 Å². The summed E-state index contributed by atoms with van der Waals surface area (Å²) in [7, 11) is 1.63. The lowest BCUT2D eigenvalue weighted by molar-refractivity contribution is -0.139. The molecule has 0 spiro atoms. The number of benzene rings is 3. The van der Waals surface area contributed by atoms with Crippen LogP contribution in [-0.4, -0.2) is 54.5 Å². The molecule has 0 saturated carbocycles. The number of amides is 1. The van der Waals surface area contributed by atoms with Crippen molar-refractivity contribution in [3.8, 4) is 5.69 Å². The highest BCUT2D eigenvalue weighted by Crippen LogP contribution is 2.45. The van der Waals surface area contributed by atoms with Gasteiger partial charge in [-0.05, 0) is 36.2 Å². The van der Waals surface area contributed by atoms with Gasteiger partial charge in [-0.3, -0.25) is 14.3 Å². The first-order chi connectivity index (χ1) is 20.8. The number of likely N-dealkylation sites (N-methyl/N-ethyl adjacent to an activating group) is 1. The number of hydrogen-bond acceptors (Lipinski definition) is 7. The van der Waals surface area contributed by atoms with E-state index in [4.69, 9.17) is 0 Å². The SMILES string of the molecule is C[C@H](/C=C/CCn1cc(C(CO)c2ccccc2)nn1)[C@@]1(O)C(=O)N(C)c2ccc(-n3ncc4ccccc4c3=O)cc21. The van der Waals surface area contributed by atoms with E-state index in [1.54, 1.807) is 55.2 Å². The van der Waals surface area contributed by atoms with E-state index in [1.165, 1.54) is 9.58 Å². The van der Waals surface area contributed by atoms with Gasteiger partial charge in [-0.2, -0.15) is 9.78 Å². The van der Waals surface area contributed by atoms with Crippen molar-refractivity contribution in [2.45, 2.75) is 31.4 Å². The Kier molecular flexibility index (Phi) is 7.47. The number of hydrogen-bond donors (Lipinski definition) is 2. The van der Waals surface area contributed by atoms with Crippen LogP contribution in [0.5, 0.6) is 0 Å². The third kappa shape index (κ3) is 4.94. The predicted molar refractivity (Wildman–Crippen MR) is 163 cm³/mol. The van der Waals surface area contributed by atoms with Crippen molar-refractivity contribution in [1.29, 1.82) is 0 Å². The summed E-state index contributed by atoms with van der Waals surface area (Å²) in [6.07, 6.45) is 7.78. The fourth-order valence-electron chi connectivity index (χ4n) is 5.73. The van der Waals surface area contributed by atoms with Gasteiger partial charge in [0.05, 0.1) is 41.2 Å². The second-order valence-corrected chi connectivity index (χ2v) is 10.8. The van der Waals surface area contributed by atoms with Crippen LogP contribution in [0.1, 0.15) is 36.1 Å². The van der Waals surface area contributed by atoms with Crippen molar-refractivity contribution >= 4 is 22.4 Å². The zero-order valence-electron chi connectivity index (χ0n) is 23.9.